The topological polar surface area (TPSA) is 69.6 Å². The van der Waals surface area contributed by atoms with E-state index in [-0.39, 0.29) is 5.91 Å². The second kappa shape index (κ2) is 26.9. The number of rotatable bonds is 21. The number of carbonyl (C=O) groups is 2. The van der Waals surface area contributed by atoms with Crippen LogP contribution in [0, 0.1) is 0 Å². The van der Waals surface area contributed by atoms with Gasteiger partial charge in [0, 0.05) is 26.4 Å². The van der Waals surface area contributed by atoms with Crippen molar-refractivity contribution < 1.29 is 14.7 Å². The van der Waals surface area contributed by atoms with E-state index in [9.17, 15) is 4.79 Å². The Hall–Kier alpha value is -1.10. The standard InChI is InChI=1S/C24H50N2O.C2H4O2/c1-4-7-8-9-10-11-12-13-14-15-16-17-18-19-20-21-24(27)25-22-23-26(5-2)6-3;1-2(3)4/h4-23H2,1-3H3,(H,25,27);1H3,(H,3,4). The number of carboxylic acids is 1. The van der Waals surface area contributed by atoms with Crippen molar-refractivity contribution in [2.75, 3.05) is 26.2 Å². The third kappa shape index (κ3) is 31.2. The van der Waals surface area contributed by atoms with Crippen molar-refractivity contribution in [2.24, 2.45) is 0 Å². The van der Waals surface area contributed by atoms with E-state index in [4.69, 9.17) is 9.90 Å². The van der Waals surface area contributed by atoms with E-state index >= 15 is 0 Å². The van der Waals surface area contributed by atoms with Crippen molar-refractivity contribution in [3.8, 4) is 0 Å². The maximum Gasteiger partial charge on any atom is 0.300 e. The molecule has 1 amide bonds. The van der Waals surface area contributed by atoms with Crippen LogP contribution in [0.2, 0.25) is 0 Å². The van der Waals surface area contributed by atoms with E-state index in [1.54, 1.807) is 0 Å². The molecule has 0 aliphatic carbocycles. The van der Waals surface area contributed by atoms with Gasteiger partial charge in [-0.25, -0.2) is 0 Å². The Kier molecular flexibility index (Phi) is 27.9. The summed E-state index contributed by atoms with van der Waals surface area (Å²) in [4.78, 5) is 23.1. The van der Waals surface area contributed by atoms with E-state index in [2.05, 4.69) is 31.0 Å². The minimum absolute atomic E-state index is 0.233. The zero-order valence-electron chi connectivity index (χ0n) is 21.4. The molecule has 186 valence electrons. The molecular formula is C26H54N2O3. The Morgan fingerprint density at radius 2 is 1.03 bits per heavy atom. The van der Waals surface area contributed by atoms with E-state index in [1.807, 2.05) is 0 Å². The maximum atomic E-state index is 11.8. The number of hydrogen-bond donors (Lipinski definition) is 2. The van der Waals surface area contributed by atoms with Crippen LogP contribution in [0.25, 0.3) is 0 Å². The van der Waals surface area contributed by atoms with Gasteiger partial charge < -0.3 is 15.3 Å². The Labute approximate surface area is 193 Å². The molecule has 0 rings (SSSR count). The molecule has 0 atom stereocenters. The highest BCUT2D eigenvalue weighted by atomic mass is 16.4. The monoisotopic (exact) mass is 442 g/mol. The maximum absolute atomic E-state index is 11.8. The van der Waals surface area contributed by atoms with Gasteiger partial charge in [-0.3, -0.25) is 9.59 Å². The summed E-state index contributed by atoms with van der Waals surface area (Å²) in [6.07, 6.45) is 21.2. The molecule has 0 aromatic heterocycles. The molecule has 0 bridgehead atoms. The molecule has 0 spiro atoms. The molecule has 0 aliphatic heterocycles. The van der Waals surface area contributed by atoms with E-state index in [1.165, 1.54) is 89.9 Å². The number of nitrogens with zero attached hydrogens (tertiary/aromatic N) is 1. The van der Waals surface area contributed by atoms with Gasteiger partial charge in [0.25, 0.3) is 5.97 Å². The quantitative estimate of drug-likeness (QED) is 0.192. The first-order valence-electron chi connectivity index (χ1n) is 13.2. The number of unbranched alkanes of at least 4 members (excludes halogenated alkanes) is 14. The van der Waals surface area contributed by atoms with Crippen LogP contribution in [-0.2, 0) is 9.59 Å². The molecule has 0 heterocycles. The van der Waals surface area contributed by atoms with Crippen molar-refractivity contribution in [2.45, 2.75) is 130 Å². The lowest BCUT2D eigenvalue weighted by molar-refractivity contribution is -0.134. The number of likely N-dealkylation sites (N-methyl/N-ethyl adjacent to an activating group) is 1. The van der Waals surface area contributed by atoms with E-state index < -0.39 is 5.97 Å². The molecule has 5 nitrogen and oxygen atoms in total. The predicted octanol–water partition coefficient (Wildman–Crippen LogP) is 6.80. The summed E-state index contributed by atoms with van der Waals surface area (Å²) in [6.45, 7) is 11.6. The smallest absolute Gasteiger partial charge is 0.300 e. The number of carbonyl (C=O) groups excluding carboxylic acids is 1. The second-order valence-electron chi connectivity index (χ2n) is 8.60. The largest absolute Gasteiger partial charge is 0.481 e. The predicted molar refractivity (Wildman–Crippen MR) is 134 cm³/mol. The van der Waals surface area contributed by atoms with E-state index in [0.717, 1.165) is 39.5 Å². The fraction of sp³-hybridized carbons (Fsp3) is 0.923. The average molecular weight is 443 g/mol. The van der Waals surface area contributed by atoms with Crippen LogP contribution >= 0.6 is 0 Å². The third-order valence-electron chi connectivity index (χ3n) is 5.65. The highest BCUT2D eigenvalue weighted by molar-refractivity contribution is 5.75. The Balaban J connectivity index is 0. The zero-order chi connectivity index (χ0) is 23.6. The Morgan fingerprint density at radius 3 is 1.39 bits per heavy atom. The lowest BCUT2D eigenvalue weighted by Gasteiger charge is -2.17. The van der Waals surface area contributed by atoms with Crippen LogP contribution < -0.4 is 5.32 Å². The fourth-order valence-electron chi connectivity index (χ4n) is 3.64. The minimum atomic E-state index is -0.833. The number of carboxylic acid groups (broad SMARTS) is 1. The number of nitrogens with one attached hydrogen (secondary N) is 1. The van der Waals surface area contributed by atoms with Crippen molar-refractivity contribution in [1.82, 2.24) is 10.2 Å². The van der Waals surface area contributed by atoms with Gasteiger partial charge in [-0.1, -0.05) is 111 Å². The molecule has 0 aliphatic rings. The van der Waals surface area contributed by atoms with Gasteiger partial charge in [0.2, 0.25) is 5.91 Å². The molecular weight excluding hydrogens is 388 g/mol. The Bertz CT molecular complexity index is 381. The molecule has 5 heteroatoms. The summed E-state index contributed by atoms with van der Waals surface area (Å²) in [5.74, 6) is -0.600. The summed E-state index contributed by atoms with van der Waals surface area (Å²) >= 11 is 0. The van der Waals surface area contributed by atoms with Crippen LogP contribution in [0.1, 0.15) is 130 Å². The van der Waals surface area contributed by atoms with Crippen LogP contribution in [0.4, 0.5) is 0 Å². The minimum Gasteiger partial charge on any atom is -0.481 e. The summed E-state index contributed by atoms with van der Waals surface area (Å²) in [6, 6.07) is 0. The number of hydrogen-bond acceptors (Lipinski definition) is 3. The van der Waals surface area contributed by atoms with Crippen molar-refractivity contribution in [1.29, 1.82) is 0 Å². The van der Waals surface area contributed by atoms with Crippen LogP contribution in [-0.4, -0.2) is 48.1 Å². The molecule has 0 saturated heterocycles. The summed E-state index contributed by atoms with van der Waals surface area (Å²) < 4.78 is 0. The molecule has 0 saturated carbocycles. The van der Waals surface area contributed by atoms with Crippen molar-refractivity contribution in [3.63, 3.8) is 0 Å². The normalized spacial score (nSPS) is 10.6. The summed E-state index contributed by atoms with van der Waals surface area (Å²) in [5, 5.41) is 10.5. The molecule has 31 heavy (non-hydrogen) atoms. The fourth-order valence-corrected chi connectivity index (χ4v) is 3.64. The highest BCUT2D eigenvalue weighted by Crippen LogP contribution is 2.13. The van der Waals surface area contributed by atoms with E-state index in [0.29, 0.717) is 6.42 Å². The van der Waals surface area contributed by atoms with Gasteiger partial charge in [-0.05, 0) is 19.5 Å². The van der Waals surface area contributed by atoms with Gasteiger partial charge in [0.1, 0.15) is 0 Å². The molecule has 0 unspecified atom stereocenters. The Morgan fingerprint density at radius 1 is 0.677 bits per heavy atom. The molecule has 0 radical (unpaired) electrons. The second-order valence-corrected chi connectivity index (χ2v) is 8.60. The average Bonchev–Trinajstić information content (AvgIpc) is 2.73. The third-order valence-corrected chi connectivity index (χ3v) is 5.65. The van der Waals surface area contributed by atoms with Crippen LogP contribution in [0.3, 0.4) is 0 Å². The van der Waals surface area contributed by atoms with Crippen molar-refractivity contribution >= 4 is 11.9 Å². The van der Waals surface area contributed by atoms with Crippen LogP contribution in [0.15, 0.2) is 0 Å². The first kappa shape index (κ1) is 32.1. The van der Waals surface area contributed by atoms with Crippen LogP contribution in [0.5, 0.6) is 0 Å². The number of aliphatic carboxylic acids is 1. The van der Waals surface area contributed by atoms with Gasteiger partial charge >= 0.3 is 0 Å². The molecule has 2 N–H and O–H groups in total. The highest BCUT2D eigenvalue weighted by Gasteiger charge is 2.02. The first-order chi connectivity index (χ1) is 15.0. The lowest BCUT2D eigenvalue weighted by Crippen LogP contribution is -2.34. The van der Waals surface area contributed by atoms with Gasteiger partial charge in [0.05, 0.1) is 0 Å². The summed E-state index contributed by atoms with van der Waals surface area (Å²) in [5.41, 5.74) is 0. The van der Waals surface area contributed by atoms with Gasteiger partial charge in [-0.15, -0.1) is 0 Å². The first-order valence-corrected chi connectivity index (χ1v) is 13.2. The SMILES string of the molecule is CC(=O)O.CCCCCCCCCCCCCCCCCC(=O)NCCN(CC)CC. The van der Waals surface area contributed by atoms with Crippen molar-refractivity contribution in [3.05, 3.63) is 0 Å². The van der Waals surface area contributed by atoms with Gasteiger partial charge in [-0.2, -0.15) is 0 Å². The molecule has 0 aromatic rings. The summed E-state index contributed by atoms with van der Waals surface area (Å²) in [7, 11) is 0. The molecule has 0 fully saturated rings. The van der Waals surface area contributed by atoms with Gasteiger partial charge in [0.15, 0.2) is 0 Å². The zero-order valence-corrected chi connectivity index (χ0v) is 21.4. The molecule has 0 aromatic carbocycles. The number of amides is 1. The lowest BCUT2D eigenvalue weighted by atomic mass is 10.0.